The van der Waals surface area contributed by atoms with Gasteiger partial charge in [-0.15, -0.1) is 6.42 Å². The Bertz CT molecular complexity index is 363. The summed E-state index contributed by atoms with van der Waals surface area (Å²) in [6.45, 7) is 4.55. The van der Waals surface area contributed by atoms with Gasteiger partial charge in [-0.05, 0) is 31.5 Å². The summed E-state index contributed by atoms with van der Waals surface area (Å²) >= 11 is 0. The Morgan fingerprint density at radius 1 is 1.40 bits per heavy atom. The number of hydrogen-bond acceptors (Lipinski definition) is 2. The Kier molecular flexibility index (Phi) is 4.05. The van der Waals surface area contributed by atoms with Crippen LogP contribution in [0.25, 0.3) is 0 Å². The van der Waals surface area contributed by atoms with Crippen LogP contribution in [0.2, 0.25) is 0 Å². The van der Waals surface area contributed by atoms with Crippen molar-refractivity contribution >= 4 is 0 Å². The summed E-state index contributed by atoms with van der Waals surface area (Å²) in [4.78, 5) is 0. The van der Waals surface area contributed by atoms with Crippen LogP contribution >= 0.6 is 0 Å². The molecule has 0 saturated heterocycles. The summed E-state index contributed by atoms with van der Waals surface area (Å²) in [5.74, 6) is 4.27. The second-order valence-electron chi connectivity index (χ2n) is 3.23. The molecule has 0 N–H and O–H groups in total. The number of methoxy groups -OCH3 is 1. The summed E-state index contributed by atoms with van der Waals surface area (Å²) < 4.78 is 10.7. The molecule has 0 aliphatic carbocycles. The molecule has 0 aliphatic rings. The van der Waals surface area contributed by atoms with E-state index < -0.39 is 0 Å². The van der Waals surface area contributed by atoms with Crippen molar-refractivity contribution in [3.8, 4) is 23.8 Å². The Morgan fingerprint density at radius 3 is 2.67 bits per heavy atom. The molecule has 80 valence electrons. The molecule has 2 heteroatoms. The van der Waals surface area contributed by atoms with Crippen molar-refractivity contribution in [3.63, 3.8) is 0 Å². The van der Waals surface area contributed by atoms with Crippen molar-refractivity contribution in [2.24, 2.45) is 0 Å². The fourth-order valence-corrected chi connectivity index (χ4v) is 1.32. The highest BCUT2D eigenvalue weighted by Gasteiger charge is 2.08. The van der Waals surface area contributed by atoms with Crippen LogP contribution in [0.4, 0.5) is 0 Å². The molecule has 2 nitrogen and oxygen atoms in total. The highest BCUT2D eigenvalue weighted by atomic mass is 16.5. The molecule has 0 aliphatic heterocycles. The number of ether oxygens (including phenoxy) is 2. The van der Waals surface area contributed by atoms with Crippen LogP contribution in [-0.2, 0) is 0 Å². The normalized spacial score (nSPS) is 11.6. The first-order chi connectivity index (χ1) is 7.22. The van der Waals surface area contributed by atoms with E-state index in [0.717, 1.165) is 17.1 Å². The SMILES string of the molecule is C#CC(C)c1ccc(OCC)c(OC)c1. The molecule has 1 atom stereocenters. The second-order valence-corrected chi connectivity index (χ2v) is 3.23. The van der Waals surface area contributed by atoms with Crippen molar-refractivity contribution in [1.82, 2.24) is 0 Å². The maximum atomic E-state index is 5.42. The van der Waals surface area contributed by atoms with Gasteiger partial charge in [0.05, 0.1) is 13.7 Å². The Hall–Kier alpha value is -1.62. The van der Waals surface area contributed by atoms with Gasteiger partial charge in [0.15, 0.2) is 11.5 Å². The number of terminal acetylenes is 1. The summed E-state index contributed by atoms with van der Waals surface area (Å²) in [7, 11) is 1.63. The average Bonchev–Trinajstić information content (AvgIpc) is 2.29. The van der Waals surface area contributed by atoms with Gasteiger partial charge in [-0.1, -0.05) is 12.0 Å². The fraction of sp³-hybridized carbons (Fsp3) is 0.385. The molecule has 0 aromatic heterocycles. The first-order valence-corrected chi connectivity index (χ1v) is 4.99. The van der Waals surface area contributed by atoms with E-state index in [0.29, 0.717) is 6.61 Å². The zero-order valence-corrected chi connectivity index (χ0v) is 9.41. The lowest BCUT2D eigenvalue weighted by molar-refractivity contribution is 0.310. The molecular weight excluding hydrogens is 188 g/mol. The van der Waals surface area contributed by atoms with Crippen LogP contribution in [0.5, 0.6) is 11.5 Å². The Morgan fingerprint density at radius 2 is 2.13 bits per heavy atom. The molecule has 0 radical (unpaired) electrons. The monoisotopic (exact) mass is 204 g/mol. The molecular formula is C13H16O2. The summed E-state index contributed by atoms with van der Waals surface area (Å²) in [5, 5.41) is 0. The van der Waals surface area contributed by atoms with E-state index in [9.17, 15) is 0 Å². The third kappa shape index (κ3) is 2.66. The summed E-state index contributed by atoms with van der Waals surface area (Å²) in [6, 6.07) is 5.79. The Labute approximate surface area is 91.2 Å². The number of benzene rings is 1. The third-order valence-electron chi connectivity index (χ3n) is 2.24. The lowest BCUT2D eigenvalue weighted by atomic mass is 10.0. The van der Waals surface area contributed by atoms with E-state index >= 15 is 0 Å². The van der Waals surface area contributed by atoms with Crippen LogP contribution in [0.15, 0.2) is 18.2 Å². The molecule has 1 unspecified atom stereocenters. The highest BCUT2D eigenvalue weighted by molar-refractivity contribution is 5.45. The van der Waals surface area contributed by atoms with E-state index in [1.165, 1.54) is 0 Å². The van der Waals surface area contributed by atoms with Crippen molar-refractivity contribution in [1.29, 1.82) is 0 Å². The van der Waals surface area contributed by atoms with Gasteiger partial charge < -0.3 is 9.47 Å². The van der Waals surface area contributed by atoms with Crippen molar-refractivity contribution in [2.45, 2.75) is 19.8 Å². The Balaban J connectivity index is 3.03. The molecule has 1 aromatic rings. The molecule has 0 fully saturated rings. The van der Waals surface area contributed by atoms with Crippen LogP contribution in [0.3, 0.4) is 0 Å². The lowest BCUT2D eigenvalue weighted by Gasteiger charge is -2.12. The fourth-order valence-electron chi connectivity index (χ4n) is 1.32. The van der Waals surface area contributed by atoms with Crippen LogP contribution in [0, 0.1) is 12.3 Å². The minimum Gasteiger partial charge on any atom is -0.493 e. The summed E-state index contributed by atoms with van der Waals surface area (Å²) in [5.41, 5.74) is 1.07. The molecule has 0 saturated carbocycles. The first kappa shape index (κ1) is 11.5. The van der Waals surface area contributed by atoms with Crippen LogP contribution < -0.4 is 9.47 Å². The van der Waals surface area contributed by atoms with E-state index in [1.54, 1.807) is 7.11 Å². The van der Waals surface area contributed by atoms with Crippen molar-refractivity contribution < 1.29 is 9.47 Å². The van der Waals surface area contributed by atoms with E-state index in [2.05, 4.69) is 5.92 Å². The summed E-state index contributed by atoms with van der Waals surface area (Å²) in [6.07, 6.45) is 5.37. The van der Waals surface area contributed by atoms with E-state index in [-0.39, 0.29) is 5.92 Å². The number of hydrogen-bond donors (Lipinski definition) is 0. The van der Waals surface area contributed by atoms with Gasteiger partial charge in [0.2, 0.25) is 0 Å². The topological polar surface area (TPSA) is 18.5 Å². The second kappa shape index (κ2) is 5.31. The first-order valence-electron chi connectivity index (χ1n) is 4.99. The predicted octanol–water partition coefficient (Wildman–Crippen LogP) is 2.83. The minimum atomic E-state index is 0.0922. The third-order valence-corrected chi connectivity index (χ3v) is 2.24. The number of rotatable bonds is 4. The van der Waals surface area contributed by atoms with Gasteiger partial charge in [-0.25, -0.2) is 0 Å². The lowest BCUT2D eigenvalue weighted by Crippen LogP contribution is -1.97. The molecule has 0 bridgehead atoms. The maximum Gasteiger partial charge on any atom is 0.161 e. The van der Waals surface area contributed by atoms with Gasteiger partial charge in [-0.3, -0.25) is 0 Å². The van der Waals surface area contributed by atoms with Gasteiger partial charge in [0, 0.05) is 5.92 Å². The standard InChI is InChI=1S/C13H16O2/c1-5-10(3)11-7-8-12(15-6-2)13(9-11)14-4/h1,7-10H,6H2,2-4H3. The van der Waals surface area contributed by atoms with Gasteiger partial charge >= 0.3 is 0 Å². The predicted molar refractivity (Wildman–Crippen MR) is 61.4 cm³/mol. The van der Waals surface area contributed by atoms with Crippen molar-refractivity contribution in [2.75, 3.05) is 13.7 Å². The highest BCUT2D eigenvalue weighted by Crippen LogP contribution is 2.30. The quantitative estimate of drug-likeness (QED) is 0.702. The van der Waals surface area contributed by atoms with E-state index in [1.807, 2.05) is 32.0 Å². The molecule has 0 heterocycles. The van der Waals surface area contributed by atoms with E-state index in [4.69, 9.17) is 15.9 Å². The average molecular weight is 204 g/mol. The zero-order chi connectivity index (χ0) is 11.3. The molecule has 0 spiro atoms. The van der Waals surface area contributed by atoms with Crippen molar-refractivity contribution in [3.05, 3.63) is 23.8 Å². The largest absolute Gasteiger partial charge is 0.493 e. The van der Waals surface area contributed by atoms with Gasteiger partial charge in [0.25, 0.3) is 0 Å². The molecule has 1 aromatic carbocycles. The van der Waals surface area contributed by atoms with Gasteiger partial charge in [0.1, 0.15) is 0 Å². The van der Waals surface area contributed by atoms with Crippen LogP contribution in [-0.4, -0.2) is 13.7 Å². The maximum absolute atomic E-state index is 5.42. The zero-order valence-electron chi connectivity index (χ0n) is 9.41. The minimum absolute atomic E-state index is 0.0922. The van der Waals surface area contributed by atoms with Gasteiger partial charge in [-0.2, -0.15) is 0 Å². The van der Waals surface area contributed by atoms with Crippen LogP contribution in [0.1, 0.15) is 25.3 Å². The smallest absolute Gasteiger partial charge is 0.161 e. The molecule has 0 amide bonds. The molecule has 15 heavy (non-hydrogen) atoms. The molecule has 1 rings (SSSR count).